The van der Waals surface area contributed by atoms with E-state index in [1.807, 2.05) is 6.92 Å². The van der Waals surface area contributed by atoms with Crippen molar-refractivity contribution in [3.63, 3.8) is 0 Å². The molecule has 38 heavy (non-hydrogen) atoms. The number of amides is 1. The summed E-state index contributed by atoms with van der Waals surface area (Å²) in [5, 5.41) is 4.07. The van der Waals surface area contributed by atoms with Gasteiger partial charge in [-0.1, -0.05) is 71.1 Å². The Bertz CT molecular complexity index is 988. The lowest BCUT2D eigenvalue weighted by atomic mass is 10.1. The fraction of sp³-hybridized carbons (Fsp3) is 0.516. The zero-order valence-corrected chi connectivity index (χ0v) is 23.3. The fourth-order valence-electron chi connectivity index (χ4n) is 4.03. The van der Waals surface area contributed by atoms with Crippen LogP contribution in [0.2, 0.25) is 0 Å². The van der Waals surface area contributed by atoms with Crippen molar-refractivity contribution in [3.05, 3.63) is 53.6 Å². The van der Waals surface area contributed by atoms with Gasteiger partial charge in [-0.25, -0.2) is 10.2 Å². The Hall–Kier alpha value is -3.35. The van der Waals surface area contributed by atoms with Crippen LogP contribution in [-0.2, 0) is 4.79 Å². The summed E-state index contributed by atoms with van der Waals surface area (Å²) in [5.74, 6) is 0.805. The summed E-state index contributed by atoms with van der Waals surface area (Å²) >= 11 is 0. The van der Waals surface area contributed by atoms with Crippen LogP contribution in [0, 0.1) is 0 Å². The fourth-order valence-corrected chi connectivity index (χ4v) is 4.03. The highest BCUT2D eigenvalue weighted by atomic mass is 16.6. The van der Waals surface area contributed by atoms with Crippen LogP contribution in [0.1, 0.15) is 107 Å². The van der Waals surface area contributed by atoms with E-state index in [-0.39, 0.29) is 5.91 Å². The Morgan fingerprint density at radius 1 is 0.816 bits per heavy atom. The molecule has 0 heterocycles. The maximum atomic E-state index is 12.5. The lowest BCUT2D eigenvalue weighted by Gasteiger charge is -2.11. The van der Waals surface area contributed by atoms with E-state index in [1.54, 1.807) is 55.8 Å². The highest BCUT2D eigenvalue weighted by Gasteiger charge is 2.13. The van der Waals surface area contributed by atoms with E-state index in [0.29, 0.717) is 41.4 Å². The van der Waals surface area contributed by atoms with E-state index in [0.717, 1.165) is 12.8 Å². The van der Waals surface area contributed by atoms with Crippen molar-refractivity contribution in [3.8, 4) is 17.2 Å². The molecule has 0 atom stereocenters. The van der Waals surface area contributed by atoms with Gasteiger partial charge in [-0.05, 0) is 61.4 Å². The number of nitrogens with one attached hydrogen (secondary N) is 1. The van der Waals surface area contributed by atoms with Crippen molar-refractivity contribution in [2.75, 3.05) is 13.7 Å². The summed E-state index contributed by atoms with van der Waals surface area (Å²) in [6, 6.07) is 11.8. The van der Waals surface area contributed by atoms with Gasteiger partial charge in [0, 0.05) is 6.42 Å². The number of hydrazone groups is 1. The van der Waals surface area contributed by atoms with E-state index in [9.17, 15) is 9.59 Å². The molecule has 208 valence electrons. The third-order valence-corrected chi connectivity index (χ3v) is 6.21. The van der Waals surface area contributed by atoms with Crippen molar-refractivity contribution >= 4 is 18.1 Å². The van der Waals surface area contributed by atoms with Gasteiger partial charge >= 0.3 is 5.97 Å². The lowest BCUT2D eigenvalue weighted by molar-refractivity contribution is -0.121. The molecule has 0 saturated carbocycles. The van der Waals surface area contributed by atoms with Crippen LogP contribution in [0.4, 0.5) is 0 Å². The Morgan fingerprint density at radius 2 is 1.45 bits per heavy atom. The molecule has 2 aromatic rings. The number of hydrogen-bond donors (Lipinski definition) is 1. The third kappa shape index (κ3) is 12.3. The van der Waals surface area contributed by atoms with Crippen LogP contribution in [0.15, 0.2) is 47.6 Å². The number of benzene rings is 2. The van der Waals surface area contributed by atoms with Crippen LogP contribution in [0.5, 0.6) is 17.2 Å². The van der Waals surface area contributed by atoms with Crippen LogP contribution in [-0.4, -0.2) is 31.8 Å². The second kappa shape index (κ2) is 18.8. The molecule has 0 radical (unpaired) electrons. The average molecular weight is 525 g/mol. The van der Waals surface area contributed by atoms with Gasteiger partial charge < -0.3 is 14.2 Å². The summed E-state index contributed by atoms with van der Waals surface area (Å²) in [7, 11) is 1.57. The number of carbonyl (C=O) groups is 2. The van der Waals surface area contributed by atoms with Crippen LogP contribution < -0.4 is 19.6 Å². The average Bonchev–Trinajstić information content (AvgIpc) is 2.93. The summed E-state index contributed by atoms with van der Waals surface area (Å²) in [6.45, 7) is 4.51. The molecule has 0 unspecified atom stereocenters. The van der Waals surface area contributed by atoms with Crippen LogP contribution in [0.3, 0.4) is 0 Å². The number of nitrogens with zero attached hydrogens (tertiary/aromatic N) is 1. The first-order chi connectivity index (χ1) is 18.6. The van der Waals surface area contributed by atoms with Gasteiger partial charge in [0.2, 0.25) is 5.91 Å². The number of hydrogen-bond acceptors (Lipinski definition) is 6. The maximum Gasteiger partial charge on any atom is 0.343 e. The first kappa shape index (κ1) is 30.9. The number of carbonyl (C=O) groups excluding carboxylic acids is 2. The molecule has 0 aromatic heterocycles. The minimum absolute atomic E-state index is 0.0905. The van der Waals surface area contributed by atoms with E-state index < -0.39 is 5.97 Å². The number of rotatable bonds is 19. The largest absolute Gasteiger partial charge is 0.497 e. The Kier molecular flexibility index (Phi) is 15.3. The lowest BCUT2D eigenvalue weighted by Crippen LogP contribution is -2.16. The van der Waals surface area contributed by atoms with Gasteiger partial charge in [-0.3, -0.25) is 4.79 Å². The zero-order valence-electron chi connectivity index (χ0n) is 23.3. The molecule has 7 heteroatoms. The van der Waals surface area contributed by atoms with E-state index in [1.165, 1.54) is 57.8 Å². The topological polar surface area (TPSA) is 86.2 Å². The van der Waals surface area contributed by atoms with Crippen molar-refractivity contribution < 1.29 is 23.8 Å². The first-order valence-electron chi connectivity index (χ1n) is 14.0. The van der Waals surface area contributed by atoms with Gasteiger partial charge in [0.15, 0.2) is 11.5 Å². The second-order valence-electron chi connectivity index (χ2n) is 9.34. The quantitative estimate of drug-likeness (QED) is 0.0677. The Balaban J connectivity index is 1.72. The van der Waals surface area contributed by atoms with Gasteiger partial charge in [0.05, 0.1) is 25.5 Å². The summed E-state index contributed by atoms with van der Waals surface area (Å²) in [6.07, 6.45) is 15.8. The molecule has 0 spiro atoms. The highest BCUT2D eigenvalue weighted by molar-refractivity contribution is 5.91. The number of methoxy groups -OCH3 is 1. The molecular weight excluding hydrogens is 480 g/mol. The van der Waals surface area contributed by atoms with Crippen LogP contribution in [0.25, 0.3) is 0 Å². The first-order valence-corrected chi connectivity index (χ1v) is 14.0. The molecule has 0 aliphatic rings. The van der Waals surface area contributed by atoms with Gasteiger partial charge in [-0.15, -0.1) is 0 Å². The zero-order chi connectivity index (χ0) is 27.4. The predicted octanol–water partition coefficient (Wildman–Crippen LogP) is 7.46. The maximum absolute atomic E-state index is 12.5. The molecule has 2 aromatic carbocycles. The monoisotopic (exact) mass is 524 g/mol. The van der Waals surface area contributed by atoms with Crippen molar-refractivity contribution in [2.45, 2.75) is 90.9 Å². The summed E-state index contributed by atoms with van der Waals surface area (Å²) in [5.41, 5.74) is 3.71. The molecule has 0 saturated heterocycles. The van der Waals surface area contributed by atoms with Gasteiger partial charge in [-0.2, -0.15) is 5.10 Å². The molecule has 0 aliphatic heterocycles. The van der Waals surface area contributed by atoms with Crippen molar-refractivity contribution in [1.29, 1.82) is 0 Å². The van der Waals surface area contributed by atoms with Gasteiger partial charge in [0.1, 0.15) is 5.75 Å². The van der Waals surface area contributed by atoms with E-state index in [4.69, 9.17) is 14.2 Å². The van der Waals surface area contributed by atoms with Crippen LogP contribution >= 0.6 is 0 Å². The summed E-state index contributed by atoms with van der Waals surface area (Å²) in [4.78, 5) is 24.6. The SMILES string of the molecule is CCCCCCCCCCCCCC(=O)N/N=C\c1ccc(OC(=O)c2ccc(OC)cc2)c(OCC)c1. The van der Waals surface area contributed by atoms with E-state index >= 15 is 0 Å². The molecule has 0 fully saturated rings. The van der Waals surface area contributed by atoms with Crippen molar-refractivity contribution in [2.24, 2.45) is 5.10 Å². The number of ether oxygens (including phenoxy) is 3. The highest BCUT2D eigenvalue weighted by Crippen LogP contribution is 2.29. The Morgan fingerprint density at radius 3 is 2.05 bits per heavy atom. The minimum atomic E-state index is -0.496. The van der Waals surface area contributed by atoms with Crippen molar-refractivity contribution in [1.82, 2.24) is 5.43 Å². The molecule has 2 rings (SSSR count). The molecule has 7 nitrogen and oxygen atoms in total. The third-order valence-electron chi connectivity index (χ3n) is 6.21. The molecule has 1 N–H and O–H groups in total. The standard InChI is InChI=1S/C31H44N2O5/c1-4-6-7-8-9-10-11-12-13-14-15-16-30(34)33-32-24-25-17-22-28(29(23-25)37-5-2)38-31(35)26-18-20-27(36-3)21-19-26/h17-24H,4-16H2,1-3H3,(H,33,34)/b32-24-. The van der Waals surface area contributed by atoms with Gasteiger partial charge in [0.25, 0.3) is 0 Å². The Labute approximate surface area is 228 Å². The second-order valence-corrected chi connectivity index (χ2v) is 9.34. The molecule has 1 amide bonds. The molecule has 0 aliphatic carbocycles. The minimum Gasteiger partial charge on any atom is -0.497 e. The smallest absolute Gasteiger partial charge is 0.343 e. The predicted molar refractivity (Wildman–Crippen MR) is 152 cm³/mol. The number of unbranched alkanes of at least 4 members (excludes halogenated alkanes) is 10. The molecule has 0 bridgehead atoms. The molecular formula is C31H44N2O5. The summed E-state index contributed by atoms with van der Waals surface area (Å²) < 4.78 is 16.3. The number of esters is 1. The normalized spacial score (nSPS) is 10.9. The van der Waals surface area contributed by atoms with E-state index in [2.05, 4.69) is 17.5 Å².